The Hall–Kier alpha value is -0.450. The summed E-state index contributed by atoms with van der Waals surface area (Å²) in [5, 5.41) is 6.72. The molecule has 1 N–H and O–H groups in total. The fourth-order valence-electron chi connectivity index (χ4n) is 2.04. The Balaban J connectivity index is 1.99. The summed E-state index contributed by atoms with van der Waals surface area (Å²) in [5.41, 5.74) is 0.286. The van der Waals surface area contributed by atoms with Crippen LogP contribution in [0.3, 0.4) is 0 Å². The maximum atomic E-state index is 5.54. The molecule has 0 spiro atoms. The number of aromatic nitrogens is 1. The summed E-state index contributed by atoms with van der Waals surface area (Å²) in [4.78, 5) is 4.37. The van der Waals surface area contributed by atoms with Crippen LogP contribution >= 0.6 is 11.3 Å². The molecule has 0 bridgehead atoms. The van der Waals surface area contributed by atoms with E-state index in [2.05, 4.69) is 17.2 Å². The van der Waals surface area contributed by atoms with Crippen molar-refractivity contribution in [3.8, 4) is 0 Å². The van der Waals surface area contributed by atoms with Crippen LogP contribution in [0.1, 0.15) is 18.4 Å². The molecule has 2 heterocycles. The van der Waals surface area contributed by atoms with Crippen molar-refractivity contribution in [2.24, 2.45) is 5.41 Å². The molecule has 84 valence electrons. The lowest BCUT2D eigenvalue weighted by Crippen LogP contribution is -2.36. The first kappa shape index (κ1) is 11.0. The minimum absolute atomic E-state index is 0.286. The van der Waals surface area contributed by atoms with Crippen LogP contribution in [0.25, 0.3) is 0 Å². The number of hydrogen-bond acceptors (Lipinski definition) is 4. The van der Waals surface area contributed by atoms with Gasteiger partial charge >= 0.3 is 0 Å². The van der Waals surface area contributed by atoms with E-state index >= 15 is 0 Å². The van der Waals surface area contributed by atoms with Crippen LogP contribution in [-0.2, 0) is 11.2 Å². The Kier molecular flexibility index (Phi) is 3.72. The lowest BCUT2D eigenvalue weighted by molar-refractivity contribution is 0.149. The van der Waals surface area contributed by atoms with E-state index in [4.69, 9.17) is 4.74 Å². The predicted molar refractivity (Wildman–Crippen MR) is 62.2 cm³/mol. The summed E-state index contributed by atoms with van der Waals surface area (Å²) in [6.07, 6.45) is 4.09. The van der Waals surface area contributed by atoms with E-state index in [0.29, 0.717) is 0 Å². The maximum absolute atomic E-state index is 5.54. The van der Waals surface area contributed by atoms with Crippen LogP contribution < -0.4 is 5.32 Å². The lowest BCUT2D eigenvalue weighted by atomic mass is 9.84. The van der Waals surface area contributed by atoms with E-state index in [1.165, 1.54) is 5.01 Å². The number of nitrogens with one attached hydrogen (secondary N) is 1. The summed E-state index contributed by atoms with van der Waals surface area (Å²) in [5.74, 6) is 0. The van der Waals surface area contributed by atoms with Gasteiger partial charge in [-0.05, 0) is 13.0 Å². The highest BCUT2D eigenvalue weighted by molar-refractivity contribution is 7.09. The van der Waals surface area contributed by atoms with Crippen molar-refractivity contribution in [2.45, 2.75) is 19.8 Å². The number of thiazole rings is 1. The average molecular weight is 226 g/mol. The highest BCUT2D eigenvalue weighted by atomic mass is 32.1. The van der Waals surface area contributed by atoms with Crippen LogP contribution in [0.5, 0.6) is 0 Å². The largest absolute Gasteiger partial charge is 0.381 e. The highest BCUT2D eigenvalue weighted by Crippen LogP contribution is 2.32. The molecule has 1 aromatic rings. The minimum atomic E-state index is 0.286. The number of ether oxygens (including phenoxy) is 1. The second kappa shape index (κ2) is 5.05. The van der Waals surface area contributed by atoms with Crippen molar-refractivity contribution in [1.82, 2.24) is 10.3 Å². The van der Waals surface area contributed by atoms with Crippen LogP contribution in [0.4, 0.5) is 0 Å². The van der Waals surface area contributed by atoms with Gasteiger partial charge in [-0.15, -0.1) is 11.3 Å². The van der Waals surface area contributed by atoms with E-state index in [-0.39, 0.29) is 5.41 Å². The van der Waals surface area contributed by atoms with Gasteiger partial charge in [0.2, 0.25) is 0 Å². The third kappa shape index (κ3) is 2.77. The fourth-order valence-corrected chi connectivity index (χ4v) is 2.83. The molecule has 0 radical (unpaired) electrons. The van der Waals surface area contributed by atoms with Gasteiger partial charge in [0.15, 0.2) is 0 Å². The molecule has 1 atom stereocenters. The zero-order valence-corrected chi connectivity index (χ0v) is 9.98. The molecule has 1 aromatic heterocycles. The topological polar surface area (TPSA) is 34.2 Å². The second-order valence-electron chi connectivity index (χ2n) is 4.19. The third-order valence-corrected chi connectivity index (χ3v) is 3.72. The molecule has 2 rings (SSSR count). The summed E-state index contributed by atoms with van der Waals surface area (Å²) in [6, 6.07) is 0. The van der Waals surface area contributed by atoms with E-state index < -0.39 is 0 Å². The van der Waals surface area contributed by atoms with Crippen molar-refractivity contribution in [3.63, 3.8) is 0 Å². The summed E-state index contributed by atoms with van der Waals surface area (Å²) < 4.78 is 5.54. The molecule has 15 heavy (non-hydrogen) atoms. The normalized spacial score (nSPS) is 25.9. The molecule has 0 aromatic carbocycles. The molecule has 3 nitrogen and oxygen atoms in total. The zero-order chi connectivity index (χ0) is 10.6. The summed E-state index contributed by atoms with van der Waals surface area (Å²) in [7, 11) is 0. The van der Waals surface area contributed by atoms with E-state index in [1.807, 2.05) is 11.6 Å². The molecule has 1 fully saturated rings. The lowest BCUT2D eigenvalue weighted by Gasteiger charge is -2.26. The van der Waals surface area contributed by atoms with Gasteiger partial charge in [-0.3, -0.25) is 0 Å². The van der Waals surface area contributed by atoms with Gasteiger partial charge in [-0.25, -0.2) is 4.98 Å². The van der Waals surface area contributed by atoms with Crippen molar-refractivity contribution in [3.05, 3.63) is 16.6 Å². The molecular formula is C11H18N2OS. The standard InChI is InChI=1S/C11H18N2OS/c1-2-12-8-11(3-5-14-9-11)7-10-13-4-6-15-10/h4,6,12H,2-3,5,7-9H2,1H3. The number of hydrogen-bond donors (Lipinski definition) is 1. The van der Waals surface area contributed by atoms with E-state index in [0.717, 1.165) is 39.1 Å². The van der Waals surface area contributed by atoms with Crippen molar-refractivity contribution >= 4 is 11.3 Å². The fraction of sp³-hybridized carbons (Fsp3) is 0.727. The van der Waals surface area contributed by atoms with Crippen molar-refractivity contribution in [1.29, 1.82) is 0 Å². The van der Waals surface area contributed by atoms with Gasteiger partial charge < -0.3 is 10.1 Å². The number of nitrogens with zero attached hydrogens (tertiary/aromatic N) is 1. The monoisotopic (exact) mass is 226 g/mol. The van der Waals surface area contributed by atoms with Crippen LogP contribution in [0.2, 0.25) is 0 Å². The predicted octanol–water partition coefficient (Wildman–Crippen LogP) is 1.70. The Bertz CT molecular complexity index is 281. The zero-order valence-electron chi connectivity index (χ0n) is 9.16. The number of rotatable bonds is 5. The van der Waals surface area contributed by atoms with Crippen LogP contribution in [-0.4, -0.2) is 31.3 Å². The van der Waals surface area contributed by atoms with Crippen LogP contribution in [0, 0.1) is 5.41 Å². The summed E-state index contributed by atoms with van der Waals surface area (Å²) >= 11 is 1.75. The van der Waals surface area contributed by atoms with E-state index in [9.17, 15) is 0 Å². The smallest absolute Gasteiger partial charge is 0.0931 e. The quantitative estimate of drug-likeness (QED) is 0.830. The first-order valence-corrected chi connectivity index (χ1v) is 6.39. The Morgan fingerprint density at radius 3 is 3.20 bits per heavy atom. The minimum Gasteiger partial charge on any atom is -0.381 e. The first-order valence-electron chi connectivity index (χ1n) is 5.51. The molecule has 0 aliphatic carbocycles. The van der Waals surface area contributed by atoms with Gasteiger partial charge in [0, 0.05) is 36.6 Å². The Labute approximate surface area is 94.9 Å². The maximum Gasteiger partial charge on any atom is 0.0931 e. The molecular weight excluding hydrogens is 208 g/mol. The SMILES string of the molecule is CCNCC1(Cc2nccs2)CCOC1. The average Bonchev–Trinajstić information content (AvgIpc) is 2.88. The van der Waals surface area contributed by atoms with Gasteiger partial charge in [0.1, 0.15) is 0 Å². The molecule has 1 saturated heterocycles. The van der Waals surface area contributed by atoms with Gasteiger partial charge in [-0.1, -0.05) is 6.92 Å². The molecule has 1 aliphatic rings. The molecule has 1 unspecified atom stereocenters. The third-order valence-electron chi connectivity index (χ3n) is 2.94. The van der Waals surface area contributed by atoms with Gasteiger partial charge in [0.05, 0.1) is 11.6 Å². The van der Waals surface area contributed by atoms with Gasteiger partial charge in [0.25, 0.3) is 0 Å². The molecule has 0 amide bonds. The Morgan fingerprint density at radius 1 is 1.67 bits per heavy atom. The highest BCUT2D eigenvalue weighted by Gasteiger charge is 2.35. The van der Waals surface area contributed by atoms with Crippen molar-refractivity contribution in [2.75, 3.05) is 26.3 Å². The van der Waals surface area contributed by atoms with Crippen LogP contribution in [0.15, 0.2) is 11.6 Å². The van der Waals surface area contributed by atoms with Gasteiger partial charge in [-0.2, -0.15) is 0 Å². The first-order chi connectivity index (χ1) is 7.35. The summed E-state index contributed by atoms with van der Waals surface area (Å²) in [6.45, 7) is 5.99. The second-order valence-corrected chi connectivity index (χ2v) is 5.16. The molecule has 4 heteroatoms. The Morgan fingerprint density at radius 2 is 2.60 bits per heavy atom. The van der Waals surface area contributed by atoms with Crippen molar-refractivity contribution < 1.29 is 4.74 Å². The molecule has 1 aliphatic heterocycles. The van der Waals surface area contributed by atoms with E-state index in [1.54, 1.807) is 11.3 Å². The molecule has 0 saturated carbocycles.